The molecule has 3 fully saturated rings. The molecule has 16 heteroatoms. The van der Waals surface area contributed by atoms with Crippen LogP contribution in [0.5, 0.6) is 0 Å². The monoisotopic (exact) mass is 827 g/mol. The Balaban J connectivity index is 1.13. The Morgan fingerprint density at radius 3 is 1.38 bits per heavy atom. The molecule has 3 heterocycles. The molecular weight excluding hydrogens is 774 g/mol. The molecular formula is C44H54FN7O8. The molecule has 6 atom stereocenters. The van der Waals surface area contributed by atoms with Crippen LogP contribution in [0.1, 0.15) is 88.4 Å². The van der Waals surface area contributed by atoms with Crippen LogP contribution in [0, 0.1) is 5.82 Å². The van der Waals surface area contributed by atoms with Crippen molar-refractivity contribution in [3.05, 3.63) is 89.7 Å². The molecule has 60 heavy (non-hydrogen) atoms. The number of halogens is 1. The number of ether oxygens (including phenoxy) is 2. The van der Waals surface area contributed by atoms with Gasteiger partial charge in [0.1, 0.15) is 30.0 Å². The van der Waals surface area contributed by atoms with Crippen LogP contribution in [0.4, 0.5) is 31.0 Å². The van der Waals surface area contributed by atoms with Gasteiger partial charge in [-0.1, -0.05) is 38.1 Å². The summed E-state index contributed by atoms with van der Waals surface area (Å²) in [5, 5.41) is 11.1. The first-order valence-corrected chi connectivity index (χ1v) is 20.6. The number of likely N-dealkylation sites (tertiary alicyclic amines) is 2. The number of nitrogens with zero attached hydrogens (tertiary/aromatic N) is 3. The maximum Gasteiger partial charge on any atom is 0.407 e. The second-order valence-corrected chi connectivity index (χ2v) is 15.3. The molecule has 0 aliphatic carbocycles. The third-order valence-corrected chi connectivity index (χ3v) is 11.7. The van der Waals surface area contributed by atoms with Crippen molar-refractivity contribution < 1.29 is 42.6 Å². The summed E-state index contributed by atoms with van der Waals surface area (Å²) in [4.78, 5) is 82.5. The SMILES string of the molecule is CC[C@H](NC(=O)OC)C(=O)N1CCC[C@H]1C(=O)Nc1ccc([C@@H]2CC[C@@H](c3ccc(NC(=O)[C@@H]4CCCN4C(=O)[C@H](CC)NC(=O)OC)cc3)N2c2ccc(F)cc2)cc1. The van der Waals surface area contributed by atoms with E-state index < -0.39 is 36.4 Å². The minimum absolute atomic E-state index is 0.0765. The van der Waals surface area contributed by atoms with Gasteiger partial charge in [0, 0.05) is 30.2 Å². The topological polar surface area (TPSA) is 179 Å². The molecule has 0 bridgehead atoms. The van der Waals surface area contributed by atoms with E-state index in [9.17, 15) is 33.2 Å². The largest absolute Gasteiger partial charge is 0.453 e. The van der Waals surface area contributed by atoms with Crippen molar-refractivity contribution in [2.45, 2.75) is 101 Å². The molecule has 320 valence electrons. The van der Waals surface area contributed by atoms with E-state index in [1.54, 1.807) is 26.0 Å². The standard InChI is InChI=1S/C44H54FN7O8/c1-5-33(48-43(57)59-3)41(55)50-25-7-9-37(50)39(53)46-30-17-11-27(12-18-30)35-23-24-36(52(35)32-21-15-29(45)16-22-32)28-13-19-31(20-14-28)47-40(54)38-10-8-26-51(38)42(56)34(6-2)49-44(58)60-4/h11-22,33-38H,5-10,23-26H2,1-4H3,(H,46,53)(H,47,54)(H,48,57)(H,49,58)/t33-,34-,35-,36-,37-,38-/m0/s1. The zero-order valence-electron chi connectivity index (χ0n) is 34.4. The van der Waals surface area contributed by atoms with Gasteiger partial charge in [-0.2, -0.15) is 0 Å². The lowest BCUT2D eigenvalue weighted by Crippen LogP contribution is -2.52. The molecule has 0 aromatic heterocycles. The number of hydrogen-bond acceptors (Lipinski definition) is 9. The fourth-order valence-electron chi connectivity index (χ4n) is 8.55. The molecule has 15 nitrogen and oxygen atoms in total. The highest BCUT2D eigenvalue weighted by Crippen LogP contribution is 2.47. The number of rotatable bonds is 13. The highest BCUT2D eigenvalue weighted by molar-refractivity contribution is 5.99. The van der Waals surface area contributed by atoms with Crippen molar-refractivity contribution in [3.63, 3.8) is 0 Å². The summed E-state index contributed by atoms with van der Waals surface area (Å²) in [5.74, 6) is -1.60. The summed E-state index contributed by atoms with van der Waals surface area (Å²) >= 11 is 0. The Morgan fingerprint density at radius 2 is 1.02 bits per heavy atom. The minimum atomic E-state index is -0.798. The Kier molecular flexibility index (Phi) is 14.3. The minimum Gasteiger partial charge on any atom is -0.453 e. The normalized spacial score (nSPS) is 20.9. The van der Waals surface area contributed by atoms with Crippen LogP contribution in [-0.2, 0) is 28.7 Å². The average Bonchev–Trinajstić information content (AvgIpc) is 4.06. The molecule has 6 amide bonds. The summed E-state index contributed by atoms with van der Waals surface area (Å²) in [6.45, 7) is 4.38. The van der Waals surface area contributed by atoms with Gasteiger partial charge >= 0.3 is 12.2 Å². The Bertz CT molecular complexity index is 1890. The third kappa shape index (κ3) is 9.80. The van der Waals surface area contributed by atoms with E-state index in [-0.39, 0.29) is 41.5 Å². The summed E-state index contributed by atoms with van der Waals surface area (Å²) in [6.07, 6.45) is 3.21. The third-order valence-electron chi connectivity index (χ3n) is 11.7. The van der Waals surface area contributed by atoms with E-state index in [0.717, 1.165) is 29.7 Å². The molecule has 3 aliphatic rings. The number of benzene rings is 3. The van der Waals surface area contributed by atoms with Gasteiger partial charge in [-0.3, -0.25) is 19.2 Å². The maximum atomic E-state index is 14.1. The Labute approximate surface area is 349 Å². The molecule has 3 aliphatic heterocycles. The molecule has 0 radical (unpaired) electrons. The number of carbonyl (C=O) groups is 6. The van der Waals surface area contributed by atoms with Crippen molar-refractivity contribution in [1.29, 1.82) is 0 Å². The van der Waals surface area contributed by atoms with Crippen molar-refractivity contribution in [3.8, 4) is 0 Å². The number of carbonyl (C=O) groups excluding carboxylic acids is 6. The lowest BCUT2D eigenvalue weighted by Gasteiger charge is -2.33. The van der Waals surface area contributed by atoms with E-state index in [2.05, 4.69) is 35.6 Å². The first kappa shape index (κ1) is 43.4. The molecule has 6 rings (SSSR count). The number of nitrogens with one attached hydrogen (secondary N) is 4. The van der Waals surface area contributed by atoms with E-state index >= 15 is 0 Å². The van der Waals surface area contributed by atoms with Crippen LogP contribution in [0.2, 0.25) is 0 Å². The van der Waals surface area contributed by atoms with Crippen molar-refractivity contribution >= 4 is 52.9 Å². The van der Waals surface area contributed by atoms with Crippen molar-refractivity contribution in [1.82, 2.24) is 20.4 Å². The lowest BCUT2D eigenvalue weighted by atomic mass is 10.0. The number of amides is 6. The Morgan fingerprint density at radius 1 is 0.617 bits per heavy atom. The van der Waals surface area contributed by atoms with Gasteiger partial charge in [-0.15, -0.1) is 0 Å². The maximum absolute atomic E-state index is 14.1. The van der Waals surface area contributed by atoms with E-state index in [4.69, 9.17) is 0 Å². The summed E-state index contributed by atoms with van der Waals surface area (Å²) in [5.41, 5.74) is 4.01. The van der Waals surface area contributed by atoms with E-state index in [1.807, 2.05) is 48.5 Å². The van der Waals surface area contributed by atoms with Crippen LogP contribution >= 0.6 is 0 Å². The van der Waals surface area contributed by atoms with Gasteiger partial charge in [-0.25, -0.2) is 14.0 Å². The smallest absolute Gasteiger partial charge is 0.407 e. The quantitative estimate of drug-likeness (QED) is 0.160. The first-order valence-electron chi connectivity index (χ1n) is 20.6. The molecule has 0 saturated carbocycles. The second kappa shape index (κ2) is 19.7. The van der Waals surface area contributed by atoms with Crippen LogP contribution in [0.25, 0.3) is 0 Å². The van der Waals surface area contributed by atoms with Crippen LogP contribution in [0.15, 0.2) is 72.8 Å². The van der Waals surface area contributed by atoms with E-state index in [0.29, 0.717) is 63.0 Å². The Hall–Kier alpha value is -6.19. The zero-order chi connectivity index (χ0) is 42.9. The van der Waals surface area contributed by atoms with Gasteiger partial charge in [0.2, 0.25) is 23.6 Å². The summed E-state index contributed by atoms with van der Waals surface area (Å²) < 4.78 is 23.5. The molecule has 3 aromatic carbocycles. The summed E-state index contributed by atoms with van der Waals surface area (Å²) in [7, 11) is 2.46. The highest BCUT2D eigenvalue weighted by Gasteiger charge is 2.40. The fourth-order valence-corrected chi connectivity index (χ4v) is 8.55. The molecule has 3 saturated heterocycles. The molecule has 0 spiro atoms. The van der Waals surface area contributed by atoms with E-state index in [1.165, 1.54) is 36.2 Å². The highest BCUT2D eigenvalue weighted by atomic mass is 19.1. The van der Waals surface area contributed by atoms with Crippen LogP contribution in [0.3, 0.4) is 0 Å². The predicted octanol–water partition coefficient (Wildman–Crippen LogP) is 6.04. The van der Waals surface area contributed by atoms with Gasteiger partial charge in [0.25, 0.3) is 0 Å². The fraction of sp³-hybridized carbons (Fsp3) is 0.455. The van der Waals surface area contributed by atoms with Crippen molar-refractivity contribution in [2.75, 3.05) is 42.8 Å². The summed E-state index contributed by atoms with van der Waals surface area (Å²) in [6, 6.07) is 18.5. The van der Waals surface area contributed by atoms with Crippen molar-refractivity contribution in [2.24, 2.45) is 0 Å². The predicted molar refractivity (Wildman–Crippen MR) is 222 cm³/mol. The molecule has 0 unspecified atom stereocenters. The van der Waals surface area contributed by atoms with Gasteiger partial charge in [0.15, 0.2) is 0 Å². The lowest BCUT2D eigenvalue weighted by molar-refractivity contribution is -0.138. The van der Waals surface area contributed by atoms with Gasteiger partial charge in [0.05, 0.1) is 26.3 Å². The average molecular weight is 828 g/mol. The van der Waals surface area contributed by atoms with Crippen LogP contribution in [-0.4, -0.2) is 97.1 Å². The number of alkyl carbamates (subject to hydrolysis) is 2. The molecule has 3 aromatic rings. The number of methoxy groups -OCH3 is 2. The van der Waals surface area contributed by atoms with Gasteiger partial charge in [-0.05, 0) is 111 Å². The van der Waals surface area contributed by atoms with Crippen LogP contribution < -0.4 is 26.2 Å². The van der Waals surface area contributed by atoms with Gasteiger partial charge < -0.3 is 45.4 Å². The number of anilines is 3. The first-order chi connectivity index (χ1) is 29.0. The number of hydrogen-bond donors (Lipinski definition) is 4. The zero-order valence-corrected chi connectivity index (χ0v) is 34.4. The second-order valence-electron chi connectivity index (χ2n) is 15.3. The molecule has 4 N–H and O–H groups in total.